The number of hydrogen-bond donors (Lipinski definition) is 2. The molecule has 1 unspecified atom stereocenters. The van der Waals surface area contributed by atoms with Crippen LogP contribution < -0.4 is 10.0 Å². The van der Waals surface area contributed by atoms with Gasteiger partial charge in [0.05, 0.1) is 17.3 Å². The molecule has 1 aliphatic heterocycles. The standard InChI is InChI=1S/C16H20N4O4S2/c21-25(22)10-9-14(12-25)17-15-6-7-16(19-18-15)20-26(23,24)11-8-13-4-2-1-3-5-13/h1-7,14H,8-12H2,(H,17,18)(H,19,20). The highest BCUT2D eigenvalue weighted by atomic mass is 32.2. The average Bonchev–Trinajstić information content (AvgIpc) is 2.94. The maximum absolute atomic E-state index is 12.1. The van der Waals surface area contributed by atoms with Gasteiger partial charge in [0.2, 0.25) is 10.0 Å². The van der Waals surface area contributed by atoms with E-state index in [2.05, 4.69) is 20.2 Å². The van der Waals surface area contributed by atoms with Crippen LogP contribution in [-0.2, 0) is 26.3 Å². The van der Waals surface area contributed by atoms with Gasteiger partial charge in [-0.25, -0.2) is 16.8 Å². The molecule has 2 aromatic rings. The summed E-state index contributed by atoms with van der Waals surface area (Å²) in [6, 6.07) is 12.2. The summed E-state index contributed by atoms with van der Waals surface area (Å²) in [5.41, 5.74) is 0.940. The Bertz CT molecular complexity index is 946. The van der Waals surface area contributed by atoms with Crippen molar-refractivity contribution in [1.29, 1.82) is 0 Å². The third-order valence-corrected chi connectivity index (χ3v) is 7.04. The largest absolute Gasteiger partial charge is 0.365 e. The Kier molecular flexibility index (Phi) is 5.42. The van der Waals surface area contributed by atoms with Crippen LogP contribution in [0.3, 0.4) is 0 Å². The molecular formula is C16H20N4O4S2. The Balaban J connectivity index is 1.55. The lowest BCUT2D eigenvalue weighted by atomic mass is 10.2. The molecular weight excluding hydrogens is 376 g/mol. The zero-order chi connectivity index (χ0) is 18.6. The van der Waals surface area contributed by atoms with E-state index in [1.165, 1.54) is 6.07 Å². The van der Waals surface area contributed by atoms with Gasteiger partial charge in [-0.2, -0.15) is 0 Å². The summed E-state index contributed by atoms with van der Waals surface area (Å²) < 4.78 is 49.6. The molecule has 0 spiro atoms. The summed E-state index contributed by atoms with van der Waals surface area (Å²) in [6.07, 6.45) is 0.928. The first kappa shape index (κ1) is 18.6. The lowest BCUT2D eigenvalue weighted by Crippen LogP contribution is -2.22. The predicted octanol–water partition coefficient (Wildman–Crippen LogP) is 1.06. The van der Waals surface area contributed by atoms with Crippen LogP contribution in [0.5, 0.6) is 0 Å². The fraction of sp³-hybridized carbons (Fsp3) is 0.375. The van der Waals surface area contributed by atoms with Gasteiger partial charge in [0.25, 0.3) is 0 Å². The number of hydrogen-bond acceptors (Lipinski definition) is 7. The molecule has 0 radical (unpaired) electrons. The molecule has 140 valence electrons. The summed E-state index contributed by atoms with van der Waals surface area (Å²) in [5.74, 6) is 0.723. The van der Waals surface area contributed by atoms with E-state index < -0.39 is 19.9 Å². The molecule has 1 saturated heterocycles. The van der Waals surface area contributed by atoms with Crippen molar-refractivity contribution in [3.63, 3.8) is 0 Å². The molecule has 2 heterocycles. The molecule has 1 atom stereocenters. The number of rotatable bonds is 7. The van der Waals surface area contributed by atoms with E-state index in [0.717, 1.165) is 5.56 Å². The summed E-state index contributed by atoms with van der Waals surface area (Å²) in [6.45, 7) is 0. The first-order valence-electron chi connectivity index (χ1n) is 8.16. The SMILES string of the molecule is O=S1(=O)CCC(Nc2ccc(NS(=O)(=O)CCc3ccccc3)nn2)C1. The van der Waals surface area contributed by atoms with Gasteiger partial charge in [-0.15, -0.1) is 10.2 Å². The smallest absolute Gasteiger partial charge is 0.234 e. The molecule has 2 N–H and O–H groups in total. The van der Waals surface area contributed by atoms with Crippen molar-refractivity contribution in [2.75, 3.05) is 27.3 Å². The minimum Gasteiger partial charge on any atom is -0.365 e. The van der Waals surface area contributed by atoms with E-state index in [1.807, 2.05) is 30.3 Å². The predicted molar refractivity (Wildman–Crippen MR) is 100 cm³/mol. The Labute approximate surface area is 153 Å². The van der Waals surface area contributed by atoms with Crippen LogP contribution in [0, 0.1) is 0 Å². The van der Waals surface area contributed by atoms with Crippen molar-refractivity contribution in [3.8, 4) is 0 Å². The maximum atomic E-state index is 12.1. The van der Waals surface area contributed by atoms with Gasteiger partial charge in [-0.05, 0) is 30.5 Å². The van der Waals surface area contributed by atoms with E-state index in [1.54, 1.807) is 6.07 Å². The van der Waals surface area contributed by atoms with E-state index in [-0.39, 0.29) is 29.1 Å². The van der Waals surface area contributed by atoms with Crippen LogP contribution in [0.15, 0.2) is 42.5 Å². The second kappa shape index (κ2) is 7.58. The number of aryl methyl sites for hydroxylation is 1. The van der Waals surface area contributed by atoms with Gasteiger partial charge in [-0.1, -0.05) is 30.3 Å². The monoisotopic (exact) mass is 396 g/mol. The van der Waals surface area contributed by atoms with Crippen molar-refractivity contribution in [2.24, 2.45) is 0 Å². The Morgan fingerprint density at radius 2 is 1.73 bits per heavy atom. The molecule has 1 aromatic carbocycles. The van der Waals surface area contributed by atoms with E-state index in [0.29, 0.717) is 18.7 Å². The van der Waals surface area contributed by atoms with Crippen molar-refractivity contribution in [3.05, 3.63) is 48.0 Å². The lowest BCUT2D eigenvalue weighted by molar-refractivity contribution is 0.599. The molecule has 0 saturated carbocycles. The summed E-state index contributed by atoms with van der Waals surface area (Å²) in [7, 11) is -6.52. The number of anilines is 2. The number of nitrogens with one attached hydrogen (secondary N) is 2. The third-order valence-electron chi connectivity index (χ3n) is 4.01. The minimum atomic E-state index is -3.54. The van der Waals surface area contributed by atoms with Gasteiger partial charge in [-0.3, -0.25) is 4.72 Å². The normalized spacial score (nSPS) is 19.2. The number of benzene rings is 1. The fourth-order valence-electron chi connectivity index (χ4n) is 2.69. The van der Waals surface area contributed by atoms with Crippen LogP contribution in [-0.4, -0.2) is 50.3 Å². The Hall–Kier alpha value is -2.20. The summed E-state index contributed by atoms with van der Waals surface area (Å²) >= 11 is 0. The lowest BCUT2D eigenvalue weighted by Gasteiger charge is -2.11. The topological polar surface area (TPSA) is 118 Å². The fourth-order valence-corrected chi connectivity index (χ4v) is 5.40. The molecule has 1 fully saturated rings. The molecule has 10 heteroatoms. The second-order valence-corrected chi connectivity index (χ2v) is 10.3. The van der Waals surface area contributed by atoms with Gasteiger partial charge >= 0.3 is 0 Å². The van der Waals surface area contributed by atoms with Crippen LogP contribution in [0.25, 0.3) is 0 Å². The van der Waals surface area contributed by atoms with E-state index >= 15 is 0 Å². The Morgan fingerprint density at radius 3 is 2.35 bits per heavy atom. The minimum absolute atomic E-state index is 0.0569. The van der Waals surface area contributed by atoms with Crippen LogP contribution in [0.4, 0.5) is 11.6 Å². The second-order valence-electron chi connectivity index (χ2n) is 6.20. The first-order valence-corrected chi connectivity index (χ1v) is 11.6. The van der Waals surface area contributed by atoms with Crippen molar-refractivity contribution in [1.82, 2.24) is 10.2 Å². The quantitative estimate of drug-likeness (QED) is 0.718. The number of aromatic nitrogens is 2. The van der Waals surface area contributed by atoms with Gasteiger partial charge in [0.1, 0.15) is 5.82 Å². The summed E-state index contributed by atoms with van der Waals surface area (Å²) in [5, 5.41) is 10.8. The molecule has 0 amide bonds. The molecule has 0 aliphatic carbocycles. The zero-order valence-electron chi connectivity index (χ0n) is 14.0. The molecule has 0 bridgehead atoms. The number of sulfonamides is 1. The average molecular weight is 396 g/mol. The first-order chi connectivity index (χ1) is 12.3. The molecule has 3 rings (SSSR count). The van der Waals surface area contributed by atoms with Crippen molar-refractivity contribution < 1.29 is 16.8 Å². The molecule has 1 aromatic heterocycles. The van der Waals surface area contributed by atoms with Crippen LogP contribution in [0.2, 0.25) is 0 Å². The number of sulfone groups is 1. The van der Waals surface area contributed by atoms with Gasteiger partial charge in [0.15, 0.2) is 15.7 Å². The Morgan fingerprint density at radius 1 is 1.04 bits per heavy atom. The summed E-state index contributed by atoms with van der Waals surface area (Å²) in [4.78, 5) is 0. The highest BCUT2D eigenvalue weighted by molar-refractivity contribution is 7.92. The van der Waals surface area contributed by atoms with Gasteiger partial charge in [0, 0.05) is 6.04 Å². The van der Waals surface area contributed by atoms with Crippen molar-refractivity contribution in [2.45, 2.75) is 18.9 Å². The van der Waals surface area contributed by atoms with E-state index in [9.17, 15) is 16.8 Å². The highest BCUT2D eigenvalue weighted by Crippen LogP contribution is 2.16. The maximum Gasteiger partial charge on any atom is 0.234 e. The highest BCUT2D eigenvalue weighted by Gasteiger charge is 2.27. The van der Waals surface area contributed by atoms with E-state index in [4.69, 9.17) is 0 Å². The molecule has 8 nitrogen and oxygen atoms in total. The van der Waals surface area contributed by atoms with Crippen LogP contribution >= 0.6 is 0 Å². The third kappa shape index (κ3) is 5.40. The van der Waals surface area contributed by atoms with Crippen LogP contribution in [0.1, 0.15) is 12.0 Å². The van der Waals surface area contributed by atoms with Crippen molar-refractivity contribution >= 4 is 31.5 Å². The van der Waals surface area contributed by atoms with Gasteiger partial charge < -0.3 is 5.32 Å². The molecule has 1 aliphatic rings. The molecule has 26 heavy (non-hydrogen) atoms. The zero-order valence-corrected chi connectivity index (χ0v) is 15.6. The number of nitrogens with zero attached hydrogens (tertiary/aromatic N) is 2.